The molecule has 0 aromatic heterocycles. The number of benzene rings is 4. The number of hydrogen-bond donors (Lipinski definition) is 1. The summed E-state index contributed by atoms with van der Waals surface area (Å²) in [6.45, 7) is 4.13. The molecule has 1 aliphatic rings. The summed E-state index contributed by atoms with van der Waals surface area (Å²) in [6, 6.07) is 29.7. The number of anilines is 2. The van der Waals surface area contributed by atoms with Gasteiger partial charge < -0.3 is 15.1 Å². The number of fused-ring (bicyclic) bond motifs is 1. The molecule has 3 amide bonds. The van der Waals surface area contributed by atoms with E-state index in [2.05, 4.69) is 5.32 Å². The highest BCUT2D eigenvalue weighted by Gasteiger charge is 2.41. The fourth-order valence-electron chi connectivity index (χ4n) is 5.39. The smallest absolute Gasteiger partial charge is 0.275 e. The van der Waals surface area contributed by atoms with E-state index in [9.17, 15) is 14.4 Å². The highest BCUT2D eigenvalue weighted by Crippen LogP contribution is 2.43. The molecule has 0 unspecified atom stereocenters. The van der Waals surface area contributed by atoms with Gasteiger partial charge in [0.1, 0.15) is 0 Å². The number of alkyl halides is 2. The number of halogens is 2. The van der Waals surface area contributed by atoms with Gasteiger partial charge in [0, 0.05) is 60.1 Å². The standard InChI is InChI=1S/C36H33F2N3O3/c1-3-40(4-2)33(42)24-31-30-16-10-11-17-32(30)41(23-22-36(31,37)38)35(44)26-18-20-27(21-19-26)39-34(43)29-15-9-8-14-28(29)25-12-6-5-7-13-25/h5-21,24H,3-4,22-23H2,1-2H3,(H,39,43)/b31-24-. The van der Waals surface area contributed by atoms with E-state index in [0.717, 1.165) is 17.2 Å². The first-order valence-corrected chi connectivity index (χ1v) is 14.6. The number of nitrogens with one attached hydrogen (secondary N) is 1. The van der Waals surface area contributed by atoms with Gasteiger partial charge in [-0.05, 0) is 61.4 Å². The van der Waals surface area contributed by atoms with E-state index in [1.807, 2.05) is 42.5 Å². The van der Waals surface area contributed by atoms with Crippen molar-refractivity contribution in [3.05, 3.63) is 126 Å². The summed E-state index contributed by atoms with van der Waals surface area (Å²) in [7, 11) is 0. The zero-order valence-electron chi connectivity index (χ0n) is 24.6. The topological polar surface area (TPSA) is 69.7 Å². The van der Waals surface area contributed by atoms with Crippen LogP contribution in [0.25, 0.3) is 16.7 Å². The Bertz CT molecular complexity index is 1700. The fraction of sp³-hybridized carbons (Fsp3) is 0.194. The Balaban J connectivity index is 1.39. The van der Waals surface area contributed by atoms with Crippen LogP contribution in [-0.2, 0) is 4.79 Å². The van der Waals surface area contributed by atoms with Crippen molar-refractivity contribution in [3.8, 4) is 11.1 Å². The predicted octanol–water partition coefficient (Wildman–Crippen LogP) is 7.54. The van der Waals surface area contributed by atoms with Gasteiger partial charge in [0.05, 0.1) is 5.69 Å². The van der Waals surface area contributed by atoms with Gasteiger partial charge in [-0.25, -0.2) is 8.78 Å². The molecule has 0 bridgehead atoms. The Kier molecular flexibility index (Phi) is 8.99. The molecule has 1 heterocycles. The summed E-state index contributed by atoms with van der Waals surface area (Å²) in [5, 5.41) is 2.89. The molecule has 0 aliphatic carbocycles. The van der Waals surface area contributed by atoms with Gasteiger partial charge in [0.2, 0.25) is 5.91 Å². The molecule has 0 saturated carbocycles. The number of para-hydroxylation sites is 1. The maximum Gasteiger partial charge on any atom is 0.275 e. The minimum atomic E-state index is -3.32. The molecule has 0 atom stereocenters. The van der Waals surface area contributed by atoms with E-state index in [1.54, 1.807) is 68.4 Å². The van der Waals surface area contributed by atoms with Crippen LogP contribution in [0, 0.1) is 0 Å². The molecule has 1 aliphatic heterocycles. The van der Waals surface area contributed by atoms with Crippen LogP contribution in [0.4, 0.5) is 20.2 Å². The molecule has 224 valence electrons. The maximum absolute atomic E-state index is 15.5. The van der Waals surface area contributed by atoms with Crippen molar-refractivity contribution in [1.82, 2.24) is 4.90 Å². The summed E-state index contributed by atoms with van der Waals surface area (Å²) in [6.07, 6.45) is 0.368. The Morgan fingerprint density at radius 3 is 2.11 bits per heavy atom. The Hall–Kier alpha value is -5.11. The highest BCUT2D eigenvalue weighted by atomic mass is 19.3. The van der Waals surface area contributed by atoms with Gasteiger partial charge in [-0.3, -0.25) is 14.4 Å². The molecule has 4 aromatic rings. The minimum absolute atomic E-state index is 0.143. The average molecular weight is 594 g/mol. The lowest BCUT2D eigenvalue weighted by Gasteiger charge is -2.23. The summed E-state index contributed by atoms with van der Waals surface area (Å²) < 4.78 is 31.0. The van der Waals surface area contributed by atoms with E-state index < -0.39 is 29.7 Å². The average Bonchev–Trinajstić information content (AvgIpc) is 3.15. The highest BCUT2D eigenvalue weighted by molar-refractivity contribution is 6.11. The summed E-state index contributed by atoms with van der Waals surface area (Å²) in [5.74, 6) is -4.58. The van der Waals surface area contributed by atoms with Gasteiger partial charge >= 0.3 is 0 Å². The number of carbonyl (C=O) groups is 3. The van der Waals surface area contributed by atoms with Gasteiger partial charge in [0.15, 0.2) is 0 Å². The first-order valence-electron chi connectivity index (χ1n) is 14.6. The number of likely N-dealkylation sites (N-methyl/N-ethyl adjacent to an activating group) is 1. The largest absolute Gasteiger partial charge is 0.340 e. The first kappa shape index (κ1) is 30.4. The fourth-order valence-corrected chi connectivity index (χ4v) is 5.39. The van der Waals surface area contributed by atoms with Gasteiger partial charge in [-0.2, -0.15) is 0 Å². The summed E-state index contributed by atoms with van der Waals surface area (Å²) in [5.41, 5.74) is 3.03. The Labute approximate surface area is 255 Å². The first-order chi connectivity index (χ1) is 21.2. The predicted molar refractivity (Wildman–Crippen MR) is 170 cm³/mol. The van der Waals surface area contributed by atoms with E-state index in [-0.39, 0.29) is 23.6 Å². The summed E-state index contributed by atoms with van der Waals surface area (Å²) >= 11 is 0. The molecule has 1 N–H and O–H groups in total. The second-order valence-electron chi connectivity index (χ2n) is 10.4. The zero-order chi connectivity index (χ0) is 31.3. The molecule has 6 nitrogen and oxygen atoms in total. The molecular formula is C36H33F2N3O3. The molecule has 0 spiro atoms. The number of carbonyl (C=O) groups excluding carboxylic acids is 3. The van der Waals surface area contributed by atoms with Gasteiger partial charge in [0.25, 0.3) is 17.7 Å². The Morgan fingerprint density at radius 2 is 1.43 bits per heavy atom. The lowest BCUT2D eigenvalue weighted by molar-refractivity contribution is -0.125. The zero-order valence-corrected chi connectivity index (χ0v) is 24.6. The van der Waals surface area contributed by atoms with Crippen molar-refractivity contribution in [2.24, 2.45) is 0 Å². The molecule has 4 aromatic carbocycles. The van der Waals surface area contributed by atoms with Crippen LogP contribution < -0.4 is 10.2 Å². The molecule has 0 saturated heterocycles. The lowest BCUT2D eigenvalue weighted by Crippen LogP contribution is -2.33. The van der Waals surface area contributed by atoms with Gasteiger partial charge in [-0.1, -0.05) is 66.7 Å². The van der Waals surface area contributed by atoms with Crippen LogP contribution in [0.1, 0.15) is 46.5 Å². The van der Waals surface area contributed by atoms with Crippen LogP contribution in [0.3, 0.4) is 0 Å². The third-order valence-corrected chi connectivity index (χ3v) is 7.76. The normalized spacial score (nSPS) is 14.8. The summed E-state index contributed by atoms with van der Waals surface area (Å²) in [4.78, 5) is 42.5. The molecule has 8 heteroatoms. The van der Waals surface area contributed by atoms with Crippen molar-refractivity contribution in [2.45, 2.75) is 26.2 Å². The van der Waals surface area contributed by atoms with Crippen molar-refractivity contribution in [3.63, 3.8) is 0 Å². The van der Waals surface area contributed by atoms with E-state index in [1.165, 1.54) is 15.9 Å². The molecule has 0 fully saturated rings. The van der Waals surface area contributed by atoms with Gasteiger partial charge in [-0.15, -0.1) is 0 Å². The molecular weight excluding hydrogens is 560 g/mol. The molecule has 44 heavy (non-hydrogen) atoms. The van der Waals surface area contributed by atoms with E-state index in [0.29, 0.717) is 30.0 Å². The van der Waals surface area contributed by atoms with E-state index in [4.69, 9.17) is 0 Å². The van der Waals surface area contributed by atoms with Crippen molar-refractivity contribution in [1.29, 1.82) is 0 Å². The molecule has 5 rings (SSSR count). The number of nitrogens with zero attached hydrogens (tertiary/aromatic N) is 2. The monoisotopic (exact) mass is 593 g/mol. The van der Waals surface area contributed by atoms with Crippen molar-refractivity contribution >= 4 is 34.7 Å². The third kappa shape index (κ3) is 6.29. The van der Waals surface area contributed by atoms with Crippen LogP contribution in [-0.4, -0.2) is 48.2 Å². The number of allylic oxidation sites excluding steroid dienone is 1. The lowest BCUT2D eigenvalue weighted by atomic mass is 9.96. The number of rotatable bonds is 7. The van der Waals surface area contributed by atoms with Crippen LogP contribution >= 0.6 is 0 Å². The number of amides is 3. The third-order valence-electron chi connectivity index (χ3n) is 7.76. The minimum Gasteiger partial charge on any atom is -0.340 e. The Morgan fingerprint density at radius 1 is 0.818 bits per heavy atom. The van der Waals surface area contributed by atoms with E-state index >= 15 is 8.78 Å². The van der Waals surface area contributed by atoms with Crippen molar-refractivity contribution < 1.29 is 23.2 Å². The SMILES string of the molecule is CCN(CC)C(=O)/C=C1/c2ccccc2N(C(=O)c2ccc(NC(=O)c3ccccc3-c3ccccc3)cc2)CCC1(F)F. The van der Waals surface area contributed by atoms with Crippen LogP contribution in [0.5, 0.6) is 0 Å². The maximum atomic E-state index is 15.5. The second-order valence-corrected chi connectivity index (χ2v) is 10.4. The quantitative estimate of drug-likeness (QED) is 0.225. The molecule has 0 radical (unpaired) electrons. The second kappa shape index (κ2) is 13.0. The van der Waals surface area contributed by atoms with Crippen LogP contribution in [0.2, 0.25) is 0 Å². The van der Waals surface area contributed by atoms with Crippen molar-refractivity contribution in [2.75, 3.05) is 29.9 Å². The number of hydrogen-bond acceptors (Lipinski definition) is 3. The van der Waals surface area contributed by atoms with Crippen LogP contribution in [0.15, 0.2) is 109 Å².